The first kappa shape index (κ1) is 12.2. The van der Waals surface area contributed by atoms with Crippen molar-refractivity contribution in [1.82, 2.24) is 4.98 Å². The van der Waals surface area contributed by atoms with Crippen molar-refractivity contribution in [3.63, 3.8) is 0 Å². The van der Waals surface area contributed by atoms with Crippen molar-refractivity contribution < 1.29 is 5.11 Å². The number of para-hydroxylation sites is 1. The van der Waals surface area contributed by atoms with Crippen molar-refractivity contribution in [1.29, 1.82) is 0 Å². The minimum absolute atomic E-state index is 0.237. The van der Waals surface area contributed by atoms with Gasteiger partial charge in [0.05, 0.1) is 23.1 Å². The van der Waals surface area contributed by atoms with Gasteiger partial charge >= 0.3 is 0 Å². The molecule has 1 aliphatic carbocycles. The molecule has 3 rings (SSSR count). The van der Waals surface area contributed by atoms with Crippen LogP contribution in [-0.4, -0.2) is 22.7 Å². The van der Waals surface area contributed by atoms with Crippen LogP contribution in [0.15, 0.2) is 30.5 Å². The number of benzene rings is 1. The topological polar surface area (TPSA) is 71.2 Å². The van der Waals surface area contributed by atoms with Crippen LogP contribution in [0.2, 0.25) is 0 Å². The third kappa shape index (κ3) is 2.24. The second kappa shape index (κ2) is 5.05. The SMILES string of the molecule is Nc1cnc2ccccc2c1NC1CCCC1CO. The van der Waals surface area contributed by atoms with Crippen molar-refractivity contribution in [2.24, 2.45) is 5.92 Å². The zero-order valence-corrected chi connectivity index (χ0v) is 10.8. The van der Waals surface area contributed by atoms with E-state index in [0.29, 0.717) is 17.6 Å². The van der Waals surface area contributed by atoms with Gasteiger partial charge in [-0.2, -0.15) is 0 Å². The Labute approximate surface area is 112 Å². The summed E-state index contributed by atoms with van der Waals surface area (Å²) in [6, 6.07) is 8.29. The van der Waals surface area contributed by atoms with Gasteiger partial charge in [0.25, 0.3) is 0 Å². The van der Waals surface area contributed by atoms with Crippen LogP contribution in [-0.2, 0) is 0 Å². The summed E-state index contributed by atoms with van der Waals surface area (Å²) in [4.78, 5) is 4.34. The molecule has 0 bridgehead atoms. The van der Waals surface area contributed by atoms with Gasteiger partial charge < -0.3 is 16.2 Å². The Bertz CT molecular complexity index is 585. The Morgan fingerprint density at radius 2 is 2.16 bits per heavy atom. The van der Waals surface area contributed by atoms with Gasteiger partial charge in [0.1, 0.15) is 0 Å². The van der Waals surface area contributed by atoms with E-state index >= 15 is 0 Å². The molecule has 0 saturated heterocycles. The molecule has 1 aromatic carbocycles. The van der Waals surface area contributed by atoms with Crippen LogP contribution < -0.4 is 11.1 Å². The maximum absolute atomic E-state index is 9.41. The van der Waals surface area contributed by atoms with E-state index in [1.165, 1.54) is 0 Å². The number of aliphatic hydroxyl groups excluding tert-OH is 1. The Hall–Kier alpha value is -1.81. The number of nitrogens with zero attached hydrogens (tertiary/aromatic N) is 1. The number of pyridine rings is 1. The zero-order chi connectivity index (χ0) is 13.2. The van der Waals surface area contributed by atoms with Crippen molar-refractivity contribution in [3.8, 4) is 0 Å². The van der Waals surface area contributed by atoms with Crippen molar-refractivity contribution in [2.75, 3.05) is 17.7 Å². The second-order valence-corrected chi connectivity index (χ2v) is 5.23. The number of aliphatic hydroxyl groups is 1. The van der Waals surface area contributed by atoms with Crippen molar-refractivity contribution in [3.05, 3.63) is 30.5 Å². The predicted molar refractivity (Wildman–Crippen MR) is 78.0 cm³/mol. The van der Waals surface area contributed by atoms with Crippen LogP contribution in [0.5, 0.6) is 0 Å². The summed E-state index contributed by atoms with van der Waals surface area (Å²) in [6.45, 7) is 0.237. The summed E-state index contributed by atoms with van der Waals surface area (Å²) >= 11 is 0. The lowest BCUT2D eigenvalue weighted by Crippen LogP contribution is -2.26. The number of nitrogens with two attached hydrogens (primary N) is 1. The van der Waals surface area contributed by atoms with E-state index in [0.717, 1.165) is 35.9 Å². The third-order valence-electron chi connectivity index (χ3n) is 4.03. The molecule has 4 nitrogen and oxygen atoms in total. The van der Waals surface area contributed by atoms with Gasteiger partial charge in [-0.05, 0) is 18.9 Å². The van der Waals surface area contributed by atoms with Gasteiger partial charge in [0, 0.05) is 24.0 Å². The van der Waals surface area contributed by atoms with E-state index in [1.807, 2.05) is 24.3 Å². The maximum Gasteiger partial charge on any atom is 0.0743 e. The van der Waals surface area contributed by atoms with Gasteiger partial charge in [-0.3, -0.25) is 4.98 Å². The van der Waals surface area contributed by atoms with Crippen molar-refractivity contribution >= 4 is 22.3 Å². The first-order chi connectivity index (χ1) is 9.29. The van der Waals surface area contributed by atoms with Gasteiger partial charge in [0.15, 0.2) is 0 Å². The Morgan fingerprint density at radius 3 is 3.00 bits per heavy atom. The lowest BCUT2D eigenvalue weighted by Gasteiger charge is -2.22. The lowest BCUT2D eigenvalue weighted by molar-refractivity contribution is 0.222. The molecule has 2 atom stereocenters. The third-order valence-corrected chi connectivity index (χ3v) is 4.03. The predicted octanol–water partition coefficient (Wildman–Crippen LogP) is 2.39. The monoisotopic (exact) mass is 257 g/mol. The molecule has 1 aromatic heterocycles. The molecule has 2 unspecified atom stereocenters. The summed E-state index contributed by atoms with van der Waals surface area (Å²) in [7, 11) is 0. The molecule has 1 heterocycles. The summed E-state index contributed by atoms with van der Waals surface area (Å²) in [5.41, 5.74) is 8.63. The standard InChI is InChI=1S/C15H19N3O/c16-12-8-17-14-6-2-1-5-11(14)15(12)18-13-7-3-4-10(13)9-19/h1-2,5-6,8,10,13,19H,3-4,7,9,16H2,(H,17,18). The largest absolute Gasteiger partial charge is 0.396 e. The fourth-order valence-corrected chi connectivity index (χ4v) is 2.95. The molecule has 0 aliphatic heterocycles. The molecule has 0 amide bonds. The highest BCUT2D eigenvalue weighted by molar-refractivity contribution is 5.96. The highest BCUT2D eigenvalue weighted by Crippen LogP contribution is 2.33. The second-order valence-electron chi connectivity index (χ2n) is 5.23. The number of aromatic nitrogens is 1. The summed E-state index contributed by atoms with van der Waals surface area (Å²) in [6.07, 6.45) is 5.03. The van der Waals surface area contributed by atoms with E-state index in [9.17, 15) is 5.11 Å². The number of rotatable bonds is 3. The quantitative estimate of drug-likeness (QED) is 0.789. The highest BCUT2D eigenvalue weighted by atomic mass is 16.3. The van der Waals surface area contributed by atoms with Crippen LogP contribution in [0.1, 0.15) is 19.3 Å². The van der Waals surface area contributed by atoms with Gasteiger partial charge in [0.2, 0.25) is 0 Å². The normalized spacial score (nSPS) is 22.8. The molecule has 100 valence electrons. The fourth-order valence-electron chi connectivity index (χ4n) is 2.95. The summed E-state index contributed by atoms with van der Waals surface area (Å²) in [5, 5.41) is 14.0. The molecule has 4 N–H and O–H groups in total. The van der Waals surface area contributed by atoms with Gasteiger partial charge in [-0.25, -0.2) is 0 Å². The lowest BCUT2D eigenvalue weighted by atomic mass is 10.0. The fraction of sp³-hybridized carbons (Fsp3) is 0.400. The number of nitrogen functional groups attached to an aromatic ring is 1. The number of anilines is 2. The molecule has 19 heavy (non-hydrogen) atoms. The number of nitrogens with one attached hydrogen (secondary N) is 1. The number of hydrogen-bond donors (Lipinski definition) is 3. The van der Waals surface area contributed by atoms with Crippen LogP contribution in [0.25, 0.3) is 10.9 Å². The summed E-state index contributed by atoms with van der Waals surface area (Å²) in [5.74, 6) is 0.325. The minimum Gasteiger partial charge on any atom is -0.396 e. The Kier molecular flexibility index (Phi) is 3.25. The van der Waals surface area contributed by atoms with E-state index in [2.05, 4.69) is 10.3 Å². The first-order valence-electron chi connectivity index (χ1n) is 6.80. The van der Waals surface area contributed by atoms with Crippen LogP contribution in [0.3, 0.4) is 0 Å². The minimum atomic E-state index is 0.237. The van der Waals surface area contributed by atoms with E-state index in [4.69, 9.17) is 5.73 Å². The molecule has 0 spiro atoms. The summed E-state index contributed by atoms with van der Waals surface area (Å²) < 4.78 is 0. The van der Waals surface area contributed by atoms with Crippen molar-refractivity contribution in [2.45, 2.75) is 25.3 Å². The van der Waals surface area contributed by atoms with E-state index in [-0.39, 0.29) is 6.61 Å². The Morgan fingerprint density at radius 1 is 1.32 bits per heavy atom. The van der Waals surface area contributed by atoms with E-state index in [1.54, 1.807) is 6.20 Å². The van der Waals surface area contributed by atoms with Crippen LogP contribution in [0, 0.1) is 5.92 Å². The molecule has 4 heteroatoms. The maximum atomic E-state index is 9.41. The van der Waals surface area contributed by atoms with Gasteiger partial charge in [-0.15, -0.1) is 0 Å². The molecule has 1 fully saturated rings. The molecule has 1 aliphatic rings. The average Bonchev–Trinajstić information content (AvgIpc) is 2.89. The highest BCUT2D eigenvalue weighted by Gasteiger charge is 2.27. The van der Waals surface area contributed by atoms with Crippen LogP contribution >= 0.6 is 0 Å². The number of hydrogen-bond acceptors (Lipinski definition) is 4. The van der Waals surface area contributed by atoms with Gasteiger partial charge in [-0.1, -0.05) is 24.6 Å². The Balaban J connectivity index is 1.98. The molecular weight excluding hydrogens is 238 g/mol. The average molecular weight is 257 g/mol. The molecular formula is C15H19N3O. The molecule has 2 aromatic rings. The smallest absolute Gasteiger partial charge is 0.0743 e. The molecule has 1 saturated carbocycles. The number of fused-ring (bicyclic) bond motifs is 1. The van der Waals surface area contributed by atoms with Crippen LogP contribution in [0.4, 0.5) is 11.4 Å². The molecule has 0 radical (unpaired) electrons. The zero-order valence-electron chi connectivity index (χ0n) is 10.8. The van der Waals surface area contributed by atoms with E-state index < -0.39 is 0 Å². The first-order valence-corrected chi connectivity index (χ1v) is 6.80.